The number of aliphatic hydroxyl groups is 5. The van der Waals surface area contributed by atoms with Gasteiger partial charge in [-0.05, 0) is 117 Å². The van der Waals surface area contributed by atoms with Crippen LogP contribution in [0.4, 0.5) is 0 Å². The van der Waals surface area contributed by atoms with E-state index in [0.29, 0.717) is 25.9 Å². The Balaban J connectivity index is 1.19. The highest BCUT2D eigenvalue weighted by Gasteiger charge is 2.55. The molecular formula is C55H89N7O11. The molecule has 5 N–H and O–H groups in total. The van der Waals surface area contributed by atoms with Crippen LogP contribution in [0.2, 0.25) is 0 Å². The molecule has 0 saturated carbocycles. The molecule has 3 saturated heterocycles. The largest absolute Gasteiger partial charge is 0.459 e. The molecule has 73 heavy (non-hydrogen) atoms. The van der Waals surface area contributed by atoms with Crippen molar-refractivity contribution in [3.05, 3.63) is 60.4 Å². The van der Waals surface area contributed by atoms with Crippen molar-refractivity contribution in [3.63, 3.8) is 0 Å². The highest BCUT2D eigenvalue weighted by atomic mass is 16.7. The minimum Gasteiger partial charge on any atom is -0.459 e. The van der Waals surface area contributed by atoms with Gasteiger partial charge in [0, 0.05) is 81.7 Å². The normalized spacial score (nSPS) is 38.7. The van der Waals surface area contributed by atoms with Crippen LogP contribution < -0.4 is 0 Å². The van der Waals surface area contributed by atoms with Gasteiger partial charge in [-0.3, -0.25) is 9.48 Å². The van der Waals surface area contributed by atoms with Crippen molar-refractivity contribution < 1.29 is 54.0 Å². The smallest absolute Gasteiger partial charge is 0.309 e. The third kappa shape index (κ3) is 14.1. The lowest BCUT2D eigenvalue weighted by Gasteiger charge is -2.51. The Kier molecular flexibility index (Phi) is 20.2. The number of aryl methyl sites for hydroxylation is 2. The molecule has 1 unspecified atom stereocenters. The predicted octanol–water partition coefficient (Wildman–Crippen LogP) is 4.86. The number of aromatic nitrogens is 5. The van der Waals surface area contributed by atoms with Gasteiger partial charge in [-0.2, -0.15) is 0 Å². The standard InChI is InChI=1S/C55H89N7O11/c1-14-45-55(10,68)48(64)37(6)61(12)30-33(2)26-53(8,67)50(35(4)46(36(5)51(66)72-45)44-27-54(9,69-13)49(65)38(7)71-44)73-52-47(63)43(25-34(3)70-52)60(11)24-22-42-31-62(59-58-42)23-16-15-17-39-18-20-40(21-19-39)41-28-56-32-57-29-41/h18-21,28-29,31-38,43-50,52,63-65,67-68H,14-17,22-27,30H2,1-13H3/t33-,34-,35+,36-,37-,38+,43+,44-,45-,46?,47-,48-,49+,50-,52+,53-,54-,55-/m1/s1. The van der Waals surface area contributed by atoms with E-state index in [4.69, 9.17) is 23.7 Å². The van der Waals surface area contributed by atoms with Gasteiger partial charge in [0.2, 0.25) is 0 Å². The molecule has 3 aliphatic rings. The Morgan fingerprint density at radius 2 is 1.59 bits per heavy atom. The van der Waals surface area contributed by atoms with Crippen LogP contribution in [0.15, 0.2) is 49.2 Å². The van der Waals surface area contributed by atoms with E-state index in [0.717, 1.165) is 42.6 Å². The van der Waals surface area contributed by atoms with Gasteiger partial charge >= 0.3 is 5.97 Å². The van der Waals surface area contributed by atoms with Gasteiger partial charge in [0.25, 0.3) is 0 Å². The van der Waals surface area contributed by atoms with Crippen molar-refractivity contribution in [2.24, 2.45) is 23.7 Å². The second kappa shape index (κ2) is 25.1. The average Bonchev–Trinajstić information content (AvgIpc) is 3.82. The molecule has 3 aliphatic heterocycles. The molecule has 410 valence electrons. The van der Waals surface area contributed by atoms with E-state index in [1.54, 1.807) is 34.8 Å². The number of ether oxygens (including phenoxy) is 5. The van der Waals surface area contributed by atoms with E-state index in [1.165, 1.54) is 18.8 Å². The van der Waals surface area contributed by atoms with E-state index < -0.39 is 95.6 Å². The molecule has 18 nitrogen and oxygen atoms in total. The van der Waals surface area contributed by atoms with Gasteiger partial charge in [0.05, 0.1) is 47.2 Å². The van der Waals surface area contributed by atoms with E-state index in [-0.39, 0.29) is 37.3 Å². The minimum absolute atomic E-state index is 0.162. The number of rotatable bonds is 15. The van der Waals surface area contributed by atoms with Gasteiger partial charge in [-0.1, -0.05) is 57.2 Å². The molecule has 6 rings (SSSR count). The van der Waals surface area contributed by atoms with Crippen molar-refractivity contribution in [3.8, 4) is 11.1 Å². The fourth-order valence-corrected chi connectivity index (χ4v) is 12.1. The SMILES string of the molecule is CC[C@H]1OC(=O)[C@H](C)C([C@H]2C[C@@](C)(OC)[C@@H](O)[C@H](C)O2)[C@H](C)[C@@H](O[C@@H]2O[C@H](C)C[C@H](N(C)CCc3cn(CCCCc4ccc(-c5cncnc5)cc4)nn3)[C@H]2O)[C@](C)(O)C[C@@H](C)CN(C)[C@H](C)[C@@H](O)[C@]1(C)O. The monoisotopic (exact) mass is 1020 g/mol. The van der Waals surface area contributed by atoms with E-state index in [1.807, 2.05) is 76.9 Å². The van der Waals surface area contributed by atoms with E-state index in [2.05, 4.69) is 49.4 Å². The summed E-state index contributed by atoms with van der Waals surface area (Å²) in [5.41, 5.74) is -0.224. The van der Waals surface area contributed by atoms with Crippen LogP contribution in [-0.4, -0.2) is 185 Å². The summed E-state index contributed by atoms with van der Waals surface area (Å²) >= 11 is 0. The summed E-state index contributed by atoms with van der Waals surface area (Å²) in [6.45, 7) is 19.8. The molecular weight excluding hydrogens is 935 g/mol. The first kappa shape index (κ1) is 58.7. The maximum atomic E-state index is 14.6. The van der Waals surface area contributed by atoms with Crippen LogP contribution in [0.25, 0.3) is 11.1 Å². The number of cyclic esters (lactones) is 1. The lowest BCUT2D eigenvalue weighted by molar-refractivity contribution is -0.302. The second-order valence-corrected chi connectivity index (χ2v) is 22.8. The highest BCUT2D eigenvalue weighted by molar-refractivity contribution is 5.73. The Hall–Kier alpha value is -3.53. The summed E-state index contributed by atoms with van der Waals surface area (Å²) in [6.07, 6.45) is 3.48. The maximum absolute atomic E-state index is 14.6. The number of carbonyl (C=O) groups excluding carboxylic acids is 1. The maximum Gasteiger partial charge on any atom is 0.309 e. The number of likely N-dealkylation sites (N-methyl/N-ethyl adjacent to an activating group) is 2. The quantitative estimate of drug-likeness (QED) is 0.101. The van der Waals surface area contributed by atoms with Crippen molar-refractivity contribution in [1.29, 1.82) is 0 Å². The molecule has 18 atom stereocenters. The molecule has 5 heterocycles. The molecule has 18 heteroatoms. The summed E-state index contributed by atoms with van der Waals surface area (Å²) in [4.78, 5) is 26.9. The molecule has 3 aromatic rings. The van der Waals surface area contributed by atoms with E-state index >= 15 is 0 Å². The Morgan fingerprint density at radius 1 is 0.904 bits per heavy atom. The number of esters is 1. The van der Waals surface area contributed by atoms with Crippen LogP contribution >= 0.6 is 0 Å². The van der Waals surface area contributed by atoms with E-state index in [9.17, 15) is 30.3 Å². The number of hydrogen-bond donors (Lipinski definition) is 5. The zero-order valence-electron chi connectivity index (χ0n) is 45.9. The lowest BCUT2D eigenvalue weighted by atomic mass is 9.68. The first-order valence-corrected chi connectivity index (χ1v) is 26.7. The summed E-state index contributed by atoms with van der Waals surface area (Å²) < 4.78 is 34.2. The van der Waals surface area contributed by atoms with Gasteiger partial charge in [0.1, 0.15) is 36.3 Å². The Labute approximate surface area is 434 Å². The van der Waals surface area contributed by atoms with Gasteiger partial charge in [-0.25, -0.2) is 9.97 Å². The van der Waals surface area contributed by atoms with Crippen LogP contribution in [0.1, 0.15) is 119 Å². The molecule has 0 amide bonds. The Morgan fingerprint density at radius 3 is 2.25 bits per heavy atom. The lowest BCUT2D eigenvalue weighted by Crippen LogP contribution is -2.62. The third-order valence-electron chi connectivity index (χ3n) is 16.7. The van der Waals surface area contributed by atoms with Gasteiger partial charge in [-0.15, -0.1) is 5.10 Å². The third-order valence-corrected chi connectivity index (χ3v) is 16.7. The van der Waals surface area contributed by atoms with Gasteiger partial charge in [0.15, 0.2) is 6.29 Å². The zero-order chi connectivity index (χ0) is 53.6. The minimum atomic E-state index is -1.81. The summed E-state index contributed by atoms with van der Waals surface area (Å²) in [5.74, 6) is -3.09. The molecule has 3 fully saturated rings. The first-order valence-electron chi connectivity index (χ1n) is 26.7. The van der Waals surface area contributed by atoms with Crippen LogP contribution in [0, 0.1) is 23.7 Å². The Bertz CT molecular complexity index is 2170. The predicted molar refractivity (Wildman–Crippen MR) is 276 cm³/mol. The molecule has 0 bridgehead atoms. The topological polar surface area (TPSA) is 227 Å². The number of unbranched alkanes of at least 4 members (excludes halogenated alkanes) is 1. The van der Waals surface area contributed by atoms with Crippen LogP contribution in [0.3, 0.4) is 0 Å². The number of benzene rings is 1. The fourth-order valence-electron chi connectivity index (χ4n) is 12.1. The fraction of sp³-hybridized carbons (Fsp3) is 0.764. The first-order chi connectivity index (χ1) is 34.4. The molecule has 0 radical (unpaired) electrons. The summed E-state index contributed by atoms with van der Waals surface area (Å²) in [6, 6.07) is 7.60. The van der Waals surface area contributed by atoms with Crippen molar-refractivity contribution in [1.82, 2.24) is 34.8 Å². The number of hydrogen-bond acceptors (Lipinski definition) is 17. The molecule has 2 aromatic heterocycles. The summed E-state index contributed by atoms with van der Waals surface area (Å²) in [7, 11) is 5.37. The zero-order valence-corrected chi connectivity index (χ0v) is 45.9. The number of nitrogens with zero attached hydrogens (tertiary/aromatic N) is 7. The van der Waals surface area contributed by atoms with Crippen molar-refractivity contribution in [2.45, 2.75) is 211 Å². The number of methoxy groups -OCH3 is 1. The van der Waals surface area contributed by atoms with Gasteiger partial charge < -0.3 is 59.0 Å². The number of carbonyl (C=O) groups is 1. The number of aliphatic hydroxyl groups excluding tert-OH is 3. The van der Waals surface area contributed by atoms with Crippen LogP contribution in [-0.2, 0) is 47.9 Å². The molecule has 0 spiro atoms. The second-order valence-electron chi connectivity index (χ2n) is 22.8. The highest BCUT2D eigenvalue weighted by Crippen LogP contribution is 2.45. The van der Waals surface area contributed by atoms with Crippen LogP contribution in [0.5, 0.6) is 0 Å². The van der Waals surface area contributed by atoms with Crippen molar-refractivity contribution in [2.75, 3.05) is 34.3 Å². The summed E-state index contributed by atoms with van der Waals surface area (Å²) in [5, 5.41) is 69.0. The average molecular weight is 1020 g/mol. The molecule has 1 aromatic carbocycles. The van der Waals surface area contributed by atoms with Crippen molar-refractivity contribution >= 4 is 5.97 Å². The molecule has 0 aliphatic carbocycles.